The maximum atomic E-state index is 11.4. The molecular weight excluding hydrogens is 268 g/mol. The fourth-order valence-corrected chi connectivity index (χ4v) is 1.04. The number of carboxylic acids is 1. The number of nitrogens with one attached hydrogen (secondary N) is 1. The van der Waals surface area contributed by atoms with E-state index < -0.39 is 17.4 Å². The molecule has 1 heterocycles. The highest BCUT2D eigenvalue weighted by Crippen LogP contribution is 2.11. The van der Waals surface area contributed by atoms with E-state index in [9.17, 15) is 9.59 Å². The van der Waals surface area contributed by atoms with Gasteiger partial charge in [0.15, 0.2) is 0 Å². The highest BCUT2D eigenvalue weighted by atomic mass is 79.9. The van der Waals surface area contributed by atoms with Gasteiger partial charge in [0.2, 0.25) is 5.76 Å². The third-order valence-electron chi connectivity index (χ3n) is 1.67. The number of carbonyl (C=O) groups is 2. The molecule has 15 heavy (non-hydrogen) atoms. The van der Waals surface area contributed by atoms with Crippen molar-refractivity contribution >= 4 is 27.8 Å². The number of hydrogen-bond acceptors (Lipinski definition) is 4. The summed E-state index contributed by atoms with van der Waals surface area (Å²) in [5, 5.41) is 14.5. The first kappa shape index (κ1) is 11.7. The fourth-order valence-electron chi connectivity index (χ4n) is 0.760. The summed E-state index contributed by atoms with van der Waals surface area (Å²) in [5.41, 5.74) is -1.35. The number of rotatable bonds is 3. The first-order valence-electron chi connectivity index (χ1n) is 4.01. The van der Waals surface area contributed by atoms with E-state index >= 15 is 0 Å². The van der Waals surface area contributed by atoms with Crippen molar-refractivity contribution in [2.45, 2.75) is 19.4 Å². The van der Waals surface area contributed by atoms with E-state index in [4.69, 9.17) is 5.11 Å². The van der Waals surface area contributed by atoms with Crippen LogP contribution >= 0.6 is 15.9 Å². The van der Waals surface area contributed by atoms with Gasteiger partial charge in [-0.3, -0.25) is 4.79 Å². The standard InChI is InChI=1S/C8H9BrN2O4/c1-8(2,7(13)14)10-6(12)4-3-5(9)11-15-4/h3H,1-2H3,(H,10,12)(H,13,14). The van der Waals surface area contributed by atoms with Crippen LogP contribution in [0.2, 0.25) is 0 Å². The third kappa shape index (κ3) is 2.79. The number of aliphatic carboxylic acids is 1. The van der Waals surface area contributed by atoms with Crippen molar-refractivity contribution in [1.29, 1.82) is 0 Å². The van der Waals surface area contributed by atoms with E-state index in [0.717, 1.165) is 0 Å². The lowest BCUT2D eigenvalue weighted by atomic mass is 10.1. The minimum atomic E-state index is -1.35. The monoisotopic (exact) mass is 276 g/mol. The van der Waals surface area contributed by atoms with E-state index in [2.05, 4.69) is 30.9 Å². The average molecular weight is 277 g/mol. The van der Waals surface area contributed by atoms with E-state index in [0.29, 0.717) is 4.60 Å². The van der Waals surface area contributed by atoms with Crippen LogP contribution in [-0.4, -0.2) is 27.7 Å². The Morgan fingerprint density at radius 3 is 2.60 bits per heavy atom. The van der Waals surface area contributed by atoms with E-state index in [1.165, 1.54) is 19.9 Å². The number of carbonyl (C=O) groups excluding carboxylic acids is 1. The summed E-state index contributed by atoms with van der Waals surface area (Å²) in [7, 11) is 0. The van der Waals surface area contributed by atoms with Crippen LogP contribution in [0.15, 0.2) is 15.2 Å². The molecule has 2 N–H and O–H groups in total. The molecule has 1 aromatic heterocycles. The quantitative estimate of drug-likeness (QED) is 0.860. The van der Waals surface area contributed by atoms with Crippen LogP contribution in [0.25, 0.3) is 0 Å². The zero-order valence-corrected chi connectivity index (χ0v) is 9.66. The molecule has 0 aromatic carbocycles. The van der Waals surface area contributed by atoms with Gasteiger partial charge in [0.05, 0.1) is 0 Å². The summed E-state index contributed by atoms with van der Waals surface area (Å²) in [6.45, 7) is 2.75. The highest BCUT2D eigenvalue weighted by Gasteiger charge is 2.30. The van der Waals surface area contributed by atoms with Gasteiger partial charge in [-0.2, -0.15) is 0 Å². The lowest BCUT2D eigenvalue weighted by Gasteiger charge is -2.19. The van der Waals surface area contributed by atoms with Crippen LogP contribution in [-0.2, 0) is 4.79 Å². The molecule has 0 spiro atoms. The van der Waals surface area contributed by atoms with Gasteiger partial charge < -0.3 is 14.9 Å². The number of aromatic nitrogens is 1. The number of halogens is 1. The third-order valence-corrected chi connectivity index (χ3v) is 2.04. The zero-order chi connectivity index (χ0) is 11.6. The SMILES string of the molecule is CC(C)(NC(=O)c1cc(Br)no1)C(=O)O. The highest BCUT2D eigenvalue weighted by molar-refractivity contribution is 9.10. The second-order valence-corrected chi connectivity index (χ2v) is 4.21. The van der Waals surface area contributed by atoms with Gasteiger partial charge in [-0.25, -0.2) is 4.79 Å². The van der Waals surface area contributed by atoms with Crippen molar-refractivity contribution < 1.29 is 19.2 Å². The molecule has 1 amide bonds. The molecule has 0 saturated heterocycles. The van der Waals surface area contributed by atoms with Gasteiger partial charge in [0, 0.05) is 6.07 Å². The van der Waals surface area contributed by atoms with Gasteiger partial charge in [0.1, 0.15) is 10.1 Å². The van der Waals surface area contributed by atoms with Crippen LogP contribution < -0.4 is 5.32 Å². The molecule has 6 nitrogen and oxygen atoms in total. The number of amides is 1. The van der Waals surface area contributed by atoms with Crippen molar-refractivity contribution in [3.63, 3.8) is 0 Å². The first-order chi connectivity index (χ1) is 6.83. The van der Waals surface area contributed by atoms with Crippen LogP contribution in [0, 0.1) is 0 Å². The van der Waals surface area contributed by atoms with Crippen molar-refractivity contribution in [1.82, 2.24) is 10.5 Å². The molecule has 0 bridgehead atoms. The maximum absolute atomic E-state index is 11.4. The van der Waals surface area contributed by atoms with E-state index in [1.54, 1.807) is 0 Å². The van der Waals surface area contributed by atoms with Crippen molar-refractivity contribution in [2.75, 3.05) is 0 Å². The molecule has 0 atom stereocenters. The normalized spacial score (nSPS) is 11.1. The predicted molar refractivity (Wildman–Crippen MR) is 53.4 cm³/mol. The van der Waals surface area contributed by atoms with Gasteiger partial charge in [0.25, 0.3) is 5.91 Å². The Morgan fingerprint density at radius 2 is 2.20 bits per heavy atom. The molecular formula is C8H9BrN2O4. The molecule has 7 heteroatoms. The predicted octanol–water partition coefficient (Wildman–Crippen LogP) is 1.03. The number of carboxylic acid groups (broad SMARTS) is 1. The topological polar surface area (TPSA) is 92.4 Å². The van der Waals surface area contributed by atoms with Gasteiger partial charge in [-0.15, -0.1) is 0 Å². The van der Waals surface area contributed by atoms with Crippen molar-refractivity contribution in [3.8, 4) is 0 Å². The Morgan fingerprint density at radius 1 is 1.60 bits per heavy atom. The summed E-state index contributed by atoms with van der Waals surface area (Å²) in [4.78, 5) is 22.2. The molecule has 0 saturated carbocycles. The Hall–Kier alpha value is -1.37. The lowest BCUT2D eigenvalue weighted by molar-refractivity contribution is -0.143. The second-order valence-electron chi connectivity index (χ2n) is 3.40. The summed E-state index contributed by atoms with van der Waals surface area (Å²) in [6.07, 6.45) is 0. The van der Waals surface area contributed by atoms with Crippen LogP contribution in [0.3, 0.4) is 0 Å². The molecule has 0 aliphatic carbocycles. The largest absolute Gasteiger partial charge is 0.480 e. The summed E-state index contributed by atoms with van der Waals surface area (Å²) in [6, 6.07) is 1.35. The van der Waals surface area contributed by atoms with E-state index in [-0.39, 0.29) is 5.76 Å². The van der Waals surface area contributed by atoms with Gasteiger partial charge >= 0.3 is 5.97 Å². The Bertz CT molecular complexity index is 399. The maximum Gasteiger partial charge on any atom is 0.328 e. The van der Waals surface area contributed by atoms with Gasteiger partial charge in [-0.1, -0.05) is 5.16 Å². The molecule has 0 unspecified atom stereocenters. The van der Waals surface area contributed by atoms with E-state index in [1.807, 2.05) is 0 Å². The van der Waals surface area contributed by atoms with Crippen molar-refractivity contribution in [3.05, 3.63) is 16.4 Å². The van der Waals surface area contributed by atoms with Crippen LogP contribution in [0.5, 0.6) is 0 Å². The molecule has 1 aromatic rings. The average Bonchev–Trinajstić information content (AvgIpc) is 2.50. The minimum Gasteiger partial charge on any atom is -0.480 e. The Kier molecular flexibility index (Phi) is 3.13. The smallest absolute Gasteiger partial charge is 0.328 e. The summed E-state index contributed by atoms with van der Waals surface area (Å²) in [5.74, 6) is -1.80. The van der Waals surface area contributed by atoms with Crippen LogP contribution in [0.4, 0.5) is 0 Å². The Balaban J connectivity index is 2.76. The molecule has 0 aliphatic heterocycles. The molecule has 82 valence electrons. The summed E-state index contributed by atoms with van der Waals surface area (Å²) >= 11 is 3.01. The number of nitrogens with zero attached hydrogens (tertiary/aromatic N) is 1. The van der Waals surface area contributed by atoms with Crippen molar-refractivity contribution in [2.24, 2.45) is 0 Å². The van der Waals surface area contributed by atoms with Crippen LogP contribution in [0.1, 0.15) is 24.4 Å². The fraction of sp³-hybridized carbons (Fsp3) is 0.375. The second kappa shape index (κ2) is 4.01. The molecule has 1 rings (SSSR count). The lowest BCUT2D eigenvalue weighted by Crippen LogP contribution is -2.49. The zero-order valence-electron chi connectivity index (χ0n) is 8.07. The first-order valence-corrected chi connectivity index (χ1v) is 4.80. The minimum absolute atomic E-state index is 0.0452. The Labute approximate surface area is 93.8 Å². The molecule has 0 fully saturated rings. The molecule has 0 aliphatic rings. The molecule has 0 radical (unpaired) electrons. The summed E-state index contributed by atoms with van der Waals surface area (Å²) < 4.78 is 5.03. The van der Waals surface area contributed by atoms with Gasteiger partial charge in [-0.05, 0) is 29.8 Å². The number of hydrogen-bond donors (Lipinski definition) is 2.